The summed E-state index contributed by atoms with van der Waals surface area (Å²) in [4.78, 5) is 0. The Morgan fingerprint density at radius 3 is 2.26 bits per heavy atom. The van der Waals surface area contributed by atoms with Crippen LogP contribution in [0, 0.1) is 46.3 Å². The van der Waals surface area contributed by atoms with Crippen LogP contribution in [0.4, 0.5) is 0 Å². The van der Waals surface area contributed by atoms with Crippen molar-refractivity contribution in [2.75, 3.05) is 0 Å². The Balaban J connectivity index is 1.49. The molecule has 0 saturated heterocycles. The Morgan fingerprint density at radius 2 is 1.48 bits per heavy atom. The van der Waals surface area contributed by atoms with E-state index in [1.54, 1.807) is 16.7 Å². The van der Waals surface area contributed by atoms with E-state index in [4.69, 9.17) is 0 Å². The Bertz CT molecular complexity index is 938. The van der Waals surface area contributed by atoms with Crippen LogP contribution in [-0.2, 0) is 18.3 Å². The maximum atomic E-state index is 2.78. The number of aryl methyl sites for hydroxylation is 1. The normalized spacial score (nSPS) is 49.6. The summed E-state index contributed by atoms with van der Waals surface area (Å²) in [5.41, 5.74) is 9.29. The monoisotopic (exact) mass is 418 g/mol. The lowest BCUT2D eigenvalue weighted by Gasteiger charge is -2.72. The minimum absolute atomic E-state index is 0.418. The minimum Gasteiger partial charge on any atom is -0.0596 e. The van der Waals surface area contributed by atoms with E-state index < -0.39 is 0 Å². The van der Waals surface area contributed by atoms with Gasteiger partial charge in [-0.3, -0.25) is 0 Å². The van der Waals surface area contributed by atoms with E-state index in [9.17, 15) is 0 Å². The molecule has 5 aliphatic rings. The summed E-state index contributed by atoms with van der Waals surface area (Å²) in [6.45, 7) is 18.6. The molecule has 31 heavy (non-hydrogen) atoms. The van der Waals surface area contributed by atoms with Gasteiger partial charge in [0.15, 0.2) is 0 Å². The predicted molar refractivity (Wildman–Crippen MR) is 131 cm³/mol. The second-order valence-electron chi connectivity index (χ2n) is 14.4. The Kier molecular flexibility index (Phi) is 4.03. The van der Waals surface area contributed by atoms with Gasteiger partial charge in [-0.25, -0.2) is 0 Å². The summed E-state index contributed by atoms with van der Waals surface area (Å²) in [6, 6.07) is 5.00. The van der Waals surface area contributed by atoms with Crippen molar-refractivity contribution in [2.45, 2.75) is 118 Å². The first kappa shape index (κ1) is 20.8. The second-order valence-corrected chi connectivity index (χ2v) is 14.4. The molecule has 0 N–H and O–H groups in total. The number of benzene rings is 1. The molecule has 0 aromatic heterocycles. The van der Waals surface area contributed by atoms with Crippen molar-refractivity contribution in [2.24, 2.45) is 39.4 Å². The molecule has 0 bridgehead atoms. The van der Waals surface area contributed by atoms with E-state index in [0.29, 0.717) is 27.1 Å². The highest BCUT2D eigenvalue weighted by molar-refractivity contribution is 5.52. The molecule has 6 rings (SSSR count). The van der Waals surface area contributed by atoms with Crippen molar-refractivity contribution >= 4 is 0 Å². The lowest BCUT2D eigenvalue weighted by atomic mass is 9.32. The van der Waals surface area contributed by atoms with Crippen LogP contribution in [0.25, 0.3) is 0 Å². The van der Waals surface area contributed by atoms with E-state index in [0.717, 1.165) is 17.8 Å². The molecular weight excluding hydrogens is 372 g/mol. The lowest BCUT2D eigenvalue weighted by Crippen LogP contribution is -2.66. The molecule has 3 fully saturated rings. The highest BCUT2D eigenvalue weighted by Crippen LogP contribution is 2.76. The van der Waals surface area contributed by atoms with Gasteiger partial charge in [-0.05, 0) is 132 Å². The van der Waals surface area contributed by atoms with Crippen LogP contribution < -0.4 is 0 Å². The van der Waals surface area contributed by atoms with Gasteiger partial charge in [0.2, 0.25) is 0 Å². The SMILES string of the molecule is Cc1ccc2c3c1CC[C@]3(C)[C@H]1CC[C@@H]3[C@@]4(C)CCCC(C)(C)[C@@H]4CC[C@@]3(C)[C@]1(C)C2. The van der Waals surface area contributed by atoms with Crippen molar-refractivity contribution < 1.29 is 0 Å². The zero-order chi connectivity index (χ0) is 22.0. The predicted octanol–water partition coefficient (Wildman–Crippen LogP) is 8.42. The van der Waals surface area contributed by atoms with Crippen LogP contribution in [0.15, 0.2) is 12.1 Å². The second kappa shape index (κ2) is 6.01. The summed E-state index contributed by atoms with van der Waals surface area (Å²) in [7, 11) is 0. The van der Waals surface area contributed by atoms with E-state index in [1.165, 1.54) is 64.2 Å². The van der Waals surface area contributed by atoms with Crippen molar-refractivity contribution in [3.05, 3.63) is 34.4 Å². The highest BCUT2D eigenvalue weighted by atomic mass is 14.7. The lowest BCUT2D eigenvalue weighted by molar-refractivity contribution is -0.217. The summed E-state index contributed by atoms with van der Waals surface area (Å²) in [5, 5.41) is 0. The standard InChI is InChI=1S/C31H46/c1-20-9-10-21-19-31(7)25(29(5)17-13-22(20)26(21)29)12-11-24-28(4)16-8-15-27(2,3)23(28)14-18-30(24,31)6/h9-10,23-25H,8,11-19H2,1-7H3/t23-,24+,25+,28-,29+,30+,31+/m0/s1. The van der Waals surface area contributed by atoms with Gasteiger partial charge in [0.05, 0.1) is 0 Å². The van der Waals surface area contributed by atoms with Gasteiger partial charge in [-0.1, -0.05) is 60.1 Å². The van der Waals surface area contributed by atoms with Crippen LogP contribution in [0.2, 0.25) is 0 Å². The molecule has 3 saturated carbocycles. The quantitative estimate of drug-likeness (QED) is 0.396. The van der Waals surface area contributed by atoms with Gasteiger partial charge in [0, 0.05) is 0 Å². The Morgan fingerprint density at radius 1 is 0.742 bits per heavy atom. The fourth-order valence-electron chi connectivity index (χ4n) is 11.6. The van der Waals surface area contributed by atoms with Crippen molar-refractivity contribution in [1.29, 1.82) is 0 Å². The molecule has 7 atom stereocenters. The molecule has 1 aromatic carbocycles. The molecule has 170 valence electrons. The van der Waals surface area contributed by atoms with Gasteiger partial charge in [-0.15, -0.1) is 0 Å². The van der Waals surface area contributed by atoms with E-state index in [1.807, 2.05) is 5.56 Å². The fourth-order valence-corrected chi connectivity index (χ4v) is 11.6. The molecule has 0 nitrogen and oxygen atoms in total. The topological polar surface area (TPSA) is 0 Å². The number of rotatable bonds is 0. The average Bonchev–Trinajstić information content (AvgIpc) is 3.04. The minimum atomic E-state index is 0.418. The van der Waals surface area contributed by atoms with Crippen LogP contribution >= 0.6 is 0 Å². The number of fused-ring (bicyclic) bond motifs is 6. The van der Waals surface area contributed by atoms with Crippen LogP contribution in [0.1, 0.15) is 115 Å². The highest BCUT2D eigenvalue weighted by Gasteiger charge is 2.69. The van der Waals surface area contributed by atoms with Crippen molar-refractivity contribution in [3.63, 3.8) is 0 Å². The van der Waals surface area contributed by atoms with Gasteiger partial charge < -0.3 is 0 Å². The smallest absolute Gasteiger partial charge is 0.00328 e. The Hall–Kier alpha value is -0.780. The molecule has 0 heterocycles. The van der Waals surface area contributed by atoms with Crippen molar-refractivity contribution in [1.82, 2.24) is 0 Å². The zero-order valence-corrected chi connectivity index (χ0v) is 21.5. The van der Waals surface area contributed by atoms with Crippen LogP contribution in [-0.4, -0.2) is 0 Å². The molecule has 0 radical (unpaired) electrons. The zero-order valence-electron chi connectivity index (χ0n) is 21.5. The third-order valence-corrected chi connectivity index (χ3v) is 13.0. The number of hydrogen-bond acceptors (Lipinski definition) is 0. The molecule has 0 heteroatoms. The van der Waals surface area contributed by atoms with Gasteiger partial charge in [0.25, 0.3) is 0 Å². The molecule has 1 aromatic rings. The van der Waals surface area contributed by atoms with E-state index in [-0.39, 0.29) is 0 Å². The van der Waals surface area contributed by atoms with Crippen molar-refractivity contribution in [3.8, 4) is 0 Å². The third-order valence-electron chi connectivity index (χ3n) is 13.0. The first-order valence-corrected chi connectivity index (χ1v) is 13.6. The largest absolute Gasteiger partial charge is 0.0596 e. The fraction of sp³-hybridized carbons (Fsp3) is 0.806. The van der Waals surface area contributed by atoms with Gasteiger partial charge in [-0.2, -0.15) is 0 Å². The summed E-state index contributed by atoms with van der Waals surface area (Å²) in [6.07, 6.45) is 14.4. The summed E-state index contributed by atoms with van der Waals surface area (Å²) in [5.74, 6) is 2.71. The van der Waals surface area contributed by atoms with Gasteiger partial charge >= 0.3 is 0 Å². The summed E-state index contributed by atoms with van der Waals surface area (Å²) < 4.78 is 0. The number of hydrogen-bond donors (Lipinski definition) is 0. The first-order chi connectivity index (χ1) is 14.5. The maximum absolute atomic E-state index is 2.78. The molecule has 0 unspecified atom stereocenters. The van der Waals surface area contributed by atoms with Crippen LogP contribution in [0.3, 0.4) is 0 Å². The van der Waals surface area contributed by atoms with Crippen LogP contribution in [0.5, 0.6) is 0 Å². The molecule has 0 amide bonds. The third kappa shape index (κ3) is 2.29. The van der Waals surface area contributed by atoms with E-state index >= 15 is 0 Å². The molecular formula is C31H46. The molecule has 0 aliphatic heterocycles. The first-order valence-electron chi connectivity index (χ1n) is 13.6. The van der Waals surface area contributed by atoms with Gasteiger partial charge in [0.1, 0.15) is 0 Å². The summed E-state index contributed by atoms with van der Waals surface area (Å²) >= 11 is 0. The molecule has 0 spiro atoms. The maximum Gasteiger partial charge on any atom is -0.00328 e. The molecule has 5 aliphatic carbocycles. The Labute approximate surface area is 192 Å². The van der Waals surface area contributed by atoms with E-state index in [2.05, 4.69) is 60.6 Å². The average molecular weight is 419 g/mol.